The van der Waals surface area contributed by atoms with Crippen molar-refractivity contribution >= 4 is 18.3 Å². The van der Waals surface area contributed by atoms with Crippen molar-refractivity contribution in [1.82, 2.24) is 0 Å². The van der Waals surface area contributed by atoms with E-state index in [1.807, 2.05) is 0 Å². The van der Waals surface area contributed by atoms with Gasteiger partial charge >= 0.3 is 0 Å². The lowest BCUT2D eigenvalue weighted by atomic mass is 10.0. The lowest BCUT2D eigenvalue weighted by molar-refractivity contribution is -0.384. The molecule has 2 aromatic rings. The number of nitro groups is 1. The molecule has 19 heavy (non-hydrogen) atoms. The lowest BCUT2D eigenvalue weighted by Gasteiger charge is -2.04. The molecule has 5 nitrogen and oxygen atoms in total. The fourth-order valence-corrected chi connectivity index (χ4v) is 1.75. The number of nitrogens with zero attached hydrogens (tertiary/aromatic N) is 1. The first-order valence-corrected chi connectivity index (χ1v) is 5.44. The number of nitro benzene ring substituents is 1. The minimum absolute atomic E-state index is 0.00842. The summed E-state index contributed by atoms with van der Waals surface area (Å²) >= 11 is 0. The molecular formula is C14H9NO4. The predicted molar refractivity (Wildman–Crippen MR) is 69.3 cm³/mol. The van der Waals surface area contributed by atoms with Crippen LogP contribution in [0.2, 0.25) is 0 Å². The first kappa shape index (κ1) is 12.6. The highest BCUT2D eigenvalue weighted by Gasteiger charge is 2.07. The number of benzene rings is 2. The van der Waals surface area contributed by atoms with Gasteiger partial charge in [-0.15, -0.1) is 0 Å². The van der Waals surface area contributed by atoms with Crippen molar-refractivity contribution in [1.29, 1.82) is 0 Å². The Morgan fingerprint density at radius 1 is 0.842 bits per heavy atom. The van der Waals surface area contributed by atoms with Crippen LogP contribution >= 0.6 is 0 Å². The van der Waals surface area contributed by atoms with E-state index in [4.69, 9.17) is 0 Å². The molecule has 0 aliphatic carbocycles. The molecule has 0 saturated heterocycles. The summed E-state index contributed by atoms with van der Waals surface area (Å²) in [5.74, 6) is 0. The van der Waals surface area contributed by atoms with Crippen LogP contribution in [-0.2, 0) is 0 Å². The van der Waals surface area contributed by atoms with Gasteiger partial charge in [-0.3, -0.25) is 19.7 Å². The van der Waals surface area contributed by atoms with Gasteiger partial charge in [0.15, 0.2) is 0 Å². The van der Waals surface area contributed by atoms with Gasteiger partial charge in [-0.05, 0) is 41.5 Å². The number of carbonyl (C=O) groups excluding carboxylic acids is 2. The molecule has 0 radical (unpaired) electrons. The van der Waals surface area contributed by atoms with Gasteiger partial charge in [0.25, 0.3) is 5.69 Å². The van der Waals surface area contributed by atoms with Crippen molar-refractivity contribution in [3.63, 3.8) is 0 Å². The van der Waals surface area contributed by atoms with Crippen molar-refractivity contribution in [2.45, 2.75) is 0 Å². The summed E-state index contributed by atoms with van der Waals surface area (Å²) in [5, 5.41) is 10.6. The normalized spacial score (nSPS) is 9.89. The van der Waals surface area contributed by atoms with E-state index < -0.39 is 4.92 Å². The van der Waals surface area contributed by atoms with Crippen LogP contribution in [0, 0.1) is 10.1 Å². The Kier molecular flexibility index (Phi) is 3.47. The van der Waals surface area contributed by atoms with Crippen LogP contribution in [0.5, 0.6) is 0 Å². The van der Waals surface area contributed by atoms with Crippen molar-refractivity contribution in [3.8, 4) is 11.1 Å². The number of rotatable bonds is 4. The van der Waals surface area contributed by atoms with E-state index >= 15 is 0 Å². The van der Waals surface area contributed by atoms with Gasteiger partial charge in [-0.1, -0.05) is 0 Å². The van der Waals surface area contributed by atoms with E-state index in [9.17, 15) is 19.7 Å². The zero-order valence-corrected chi connectivity index (χ0v) is 9.78. The highest BCUT2D eigenvalue weighted by atomic mass is 16.6. The number of non-ortho nitro benzene ring substituents is 1. The molecule has 0 saturated carbocycles. The molecule has 0 aliphatic heterocycles. The van der Waals surface area contributed by atoms with Gasteiger partial charge in [-0.25, -0.2) is 0 Å². The molecule has 0 heterocycles. The zero-order valence-electron chi connectivity index (χ0n) is 9.78. The third-order valence-electron chi connectivity index (χ3n) is 2.66. The summed E-state index contributed by atoms with van der Waals surface area (Å²) in [6.07, 6.45) is 1.31. The van der Waals surface area contributed by atoms with Gasteiger partial charge in [0.2, 0.25) is 0 Å². The van der Waals surface area contributed by atoms with Gasteiger partial charge in [0, 0.05) is 23.3 Å². The van der Waals surface area contributed by atoms with Crippen molar-refractivity contribution in [2.24, 2.45) is 0 Å². The van der Waals surface area contributed by atoms with E-state index in [0.29, 0.717) is 34.8 Å². The van der Waals surface area contributed by atoms with Crippen molar-refractivity contribution in [2.75, 3.05) is 0 Å². The minimum Gasteiger partial charge on any atom is -0.298 e. The molecule has 0 bridgehead atoms. The van der Waals surface area contributed by atoms with Gasteiger partial charge in [0.1, 0.15) is 12.6 Å². The molecule has 0 spiro atoms. The largest absolute Gasteiger partial charge is 0.298 e. The molecule has 0 N–H and O–H groups in total. The third kappa shape index (κ3) is 2.71. The summed E-state index contributed by atoms with van der Waals surface area (Å²) in [6.45, 7) is 0. The average molecular weight is 255 g/mol. The fraction of sp³-hybridized carbons (Fsp3) is 0. The van der Waals surface area contributed by atoms with Gasteiger partial charge in [-0.2, -0.15) is 0 Å². The Bertz CT molecular complexity index is 621. The fourth-order valence-electron chi connectivity index (χ4n) is 1.75. The second-order valence-electron chi connectivity index (χ2n) is 3.93. The summed E-state index contributed by atoms with van der Waals surface area (Å²) in [6, 6.07) is 10.7. The van der Waals surface area contributed by atoms with Gasteiger partial charge in [0.05, 0.1) is 4.92 Å². The highest BCUT2D eigenvalue weighted by Crippen LogP contribution is 2.24. The first-order chi connectivity index (χ1) is 9.13. The lowest BCUT2D eigenvalue weighted by Crippen LogP contribution is -1.90. The highest BCUT2D eigenvalue weighted by molar-refractivity contribution is 5.86. The Morgan fingerprint density at radius 2 is 1.37 bits per heavy atom. The smallest absolute Gasteiger partial charge is 0.269 e. The molecular weight excluding hydrogens is 246 g/mol. The Balaban J connectivity index is 2.48. The van der Waals surface area contributed by atoms with E-state index in [-0.39, 0.29) is 5.69 Å². The third-order valence-corrected chi connectivity index (χ3v) is 2.66. The Hall–Kier alpha value is -2.82. The molecule has 0 fully saturated rings. The molecule has 0 aliphatic rings. The second kappa shape index (κ2) is 5.22. The summed E-state index contributed by atoms with van der Waals surface area (Å²) in [5.41, 5.74) is 2.14. The van der Waals surface area contributed by atoms with Crippen LogP contribution in [0.15, 0.2) is 42.5 Å². The topological polar surface area (TPSA) is 77.3 Å². The monoisotopic (exact) mass is 255 g/mol. The maximum Gasteiger partial charge on any atom is 0.269 e. The van der Waals surface area contributed by atoms with E-state index in [1.165, 1.54) is 18.2 Å². The predicted octanol–water partition coefficient (Wildman–Crippen LogP) is 2.89. The SMILES string of the molecule is O=Cc1cc(C=O)cc(-c2ccc([N+](=O)[O-])cc2)c1. The molecule has 0 aromatic heterocycles. The average Bonchev–Trinajstić information content (AvgIpc) is 2.46. The Morgan fingerprint density at radius 3 is 1.79 bits per heavy atom. The second-order valence-corrected chi connectivity index (χ2v) is 3.93. The van der Waals surface area contributed by atoms with E-state index in [0.717, 1.165) is 0 Å². The number of hydrogen-bond acceptors (Lipinski definition) is 4. The van der Waals surface area contributed by atoms with Crippen molar-refractivity contribution < 1.29 is 14.5 Å². The van der Waals surface area contributed by atoms with Crippen LogP contribution in [0.4, 0.5) is 5.69 Å². The molecule has 2 aromatic carbocycles. The van der Waals surface area contributed by atoms with Crippen LogP contribution in [0.1, 0.15) is 20.7 Å². The van der Waals surface area contributed by atoms with E-state index in [1.54, 1.807) is 24.3 Å². The maximum atomic E-state index is 10.8. The molecule has 0 amide bonds. The maximum absolute atomic E-state index is 10.8. The zero-order chi connectivity index (χ0) is 13.8. The van der Waals surface area contributed by atoms with E-state index in [2.05, 4.69) is 0 Å². The molecule has 0 atom stereocenters. The summed E-state index contributed by atoms with van der Waals surface area (Å²) in [7, 11) is 0. The minimum atomic E-state index is -0.484. The molecule has 0 unspecified atom stereocenters. The quantitative estimate of drug-likeness (QED) is 0.478. The van der Waals surface area contributed by atoms with Crippen LogP contribution in [0.3, 0.4) is 0 Å². The number of aldehydes is 2. The summed E-state index contributed by atoms with van der Waals surface area (Å²) < 4.78 is 0. The van der Waals surface area contributed by atoms with Crippen molar-refractivity contribution in [3.05, 3.63) is 63.7 Å². The number of hydrogen-bond donors (Lipinski definition) is 0. The first-order valence-electron chi connectivity index (χ1n) is 5.44. The molecule has 5 heteroatoms. The molecule has 2 rings (SSSR count). The molecule has 94 valence electrons. The Labute approximate surface area is 108 Å². The van der Waals surface area contributed by atoms with Gasteiger partial charge < -0.3 is 0 Å². The van der Waals surface area contributed by atoms with Crippen LogP contribution in [0.25, 0.3) is 11.1 Å². The van der Waals surface area contributed by atoms with Crippen LogP contribution in [-0.4, -0.2) is 17.5 Å². The summed E-state index contributed by atoms with van der Waals surface area (Å²) in [4.78, 5) is 31.7. The standard InChI is InChI=1S/C14H9NO4/c16-8-10-5-11(9-17)7-13(6-10)12-1-3-14(4-2-12)15(18)19/h1-9H. The number of carbonyl (C=O) groups is 2. The van der Waals surface area contributed by atoms with Crippen LogP contribution < -0.4 is 0 Å².